The molecule has 9 nitrogen and oxygen atoms in total. The van der Waals surface area contributed by atoms with Gasteiger partial charge in [0.15, 0.2) is 0 Å². The van der Waals surface area contributed by atoms with Gasteiger partial charge in [0.25, 0.3) is 5.91 Å². The Morgan fingerprint density at radius 2 is 2.00 bits per heavy atom. The molecule has 0 spiro atoms. The number of aromatic nitrogens is 4. The van der Waals surface area contributed by atoms with Crippen LogP contribution >= 0.6 is 0 Å². The summed E-state index contributed by atoms with van der Waals surface area (Å²) < 4.78 is 38.8. The van der Waals surface area contributed by atoms with E-state index < -0.39 is 12.1 Å². The van der Waals surface area contributed by atoms with Gasteiger partial charge in [0.05, 0.1) is 18.8 Å². The van der Waals surface area contributed by atoms with Gasteiger partial charge < -0.3 is 14.7 Å². The number of aryl methyl sites for hydroxylation is 2. The Kier molecular flexibility index (Phi) is 6.90. The van der Waals surface area contributed by atoms with Crippen LogP contribution in [0.2, 0.25) is 0 Å². The Morgan fingerprint density at radius 1 is 1.34 bits per heavy atom. The molecule has 0 saturated heterocycles. The van der Waals surface area contributed by atoms with Gasteiger partial charge in [-0.25, -0.2) is 9.78 Å². The maximum absolute atomic E-state index is 12.7. The molecule has 3 rings (SSSR count). The third kappa shape index (κ3) is 5.50. The van der Waals surface area contributed by atoms with Crippen LogP contribution in [0.15, 0.2) is 18.2 Å². The number of carboxylic acids is 1. The summed E-state index contributed by atoms with van der Waals surface area (Å²) in [6, 6.07) is 5.47. The average molecular weight is 415 g/mol. The summed E-state index contributed by atoms with van der Waals surface area (Å²) in [5.74, 6) is -2.77. The number of hydrogen-bond acceptors (Lipinski definition) is 6. The molecule has 0 aromatic carbocycles. The summed E-state index contributed by atoms with van der Waals surface area (Å²) in [7, 11) is 3.53. The fourth-order valence-electron chi connectivity index (χ4n) is 2.93. The second-order valence-corrected chi connectivity index (χ2v) is 6.35. The van der Waals surface area contributed by atoms with Crippen LogP contribution in [0, 0.1) is 6.92 Å². The van der Waals surface area contributed by atoms with E-state index >= 15 is 0 Å². The highest BCUT2D eigenvalue weighted by molar-refractivity contribution is 5.92. The summed E-state index contributed by atoms with van der Waals surface area (Å²) in [6.45, 7) is 3.44. The highest BCUT2D eigenvalue weighted by Gasteiger charge is 2.38. The fraction of sp³-hybridized carbons (Fsp3) is 0.471. The molecule has 0 fully saturated rings. The lowest BCUT2D eigenvalue weighted by Crippen LogP contribution is -2.40. The summed E-state index contributed by atoms with van der Waals surface area (Å²) in [5, 5.41) is 15.4. The van der Waals surface area contributed by atoms with E-state index in [1.54, 1.807) is 22.8 Å². The Morgan fingerprint density at radius 3 is 2.55 bits per heavy atom. The van der Waals surface area contributed by atoms with E-state index in [1.807, 2.05) is 26.1 Å². The molecule has 2 aromatic rings. The van der Waals surface area contributed by atoms with Crippen molar-refractivity contribution in [1.82, 2.24) is 24.9 Å². The molecule has 1 unspecified atom stereocenters. The topological polar surface area (TPSA) is 110 Å². The van der Waals surface area contributed by atoms with Crippen LogP contribution < -0.4 is 0 Å². The molecule has 0 bridgehead atoms. The first-order valence-corrected chi connectivity index (χ1v) is 8.45. The molecule has 1 N–H and O–H groups in total. The smallest absolute Gasteiger partial charge is 0.475 e. The number of carboxylic acid groups (broad SMARTS) is 1. The highest BCUT2D eigenvalue weighted by Crippen LogP contribution is 2.27. The molecule has 1 amide bonds. The standard InChI is InChI=1S/C15H19N5O2.C2HF3O2/c1-10-5-4-6-12(16-10)15(21)20-7-11(9-22-3)14-13(8-20)17-18-19(14)2;3-2(4,5)1(6)7/h4-6,11H,7-9H2,1-3H3;(H,6,7). The minimum absolute atomic E-state index is 0.0718. The van der Waals surface area contributed by atoms with Crippen molar-refractivity contribution in [2.24, 2.45) is 7.05 Å². The number of ether oxygens (including phenoxy) is 1. The molecule has 0 radical (unpaired) electrons. The fourth-order valence-corrected chi connectivity index (χ4v) is 2.93. The van der Waals surface area contributed by atoms with Crippen LogP contribution in [-0.4, -0.2) is 68.3 Å². The number of halogens is 3. The van der Waals surface area contributed by atoms with Crippen molar-refractivity contribution in [3.05, 3.63) is 41.0 Å². The van der Waals surface area contributed by atoms with Gasteiger partial charge in [-0.05, 0) is 19.1 Å². The number of rotatable bonds is 3. The first-order valence-electron chi connectivity index (χ1n) is 8.45. The normalized spacial score (nSPS) is 15.9. The number of carbonyl (C=O) groups is 2. The predicted octanol–water partition coefficient (Wildman–Crippen LogP) is 1.54. The zero-order valence-electron chi connectivity index (χ0n) is 16.0. The monoisotopic (exact) mass is 415 g/mol. The van der Waals surface area contributed by atoms with Crippen molar-refractivity contribution in [2.75, 3.05) is 20.3 Å². The number of fused-ring (bicyclic) bond motifs is 1. The lowest BCUT2D eigenvalue weighted by atomic mass is 9.98. The quantitative estimate of drug-likeness (QED) is 0.810. The Balaban J connectivity index is 0.000000370. The number of carbonyl (C=O) groups excluding carboxylic acids is 1. The number of pyridine rings is 1. The molecule has 1 aliphatic heterocycles. The van der Waals surface area contributed by atoms with E-state index in [9.17, 15) is 18.0 Å². The molecular weight excluding hydrogens is 395 g/mol. The molecule has 0 saturated carbocycles. The summed E-state index contributed by atoms with van der Waals surface area (Å²) in [6.07, 6.45) is -5.08. The van der Waals surface area contributed by atoms with E-state index in [1.165, 1.54) is 0 Å². The van der Waals surface area contributed by atoms with Crippen molar-refractivity contribution < 1.29 is 32.6 Å². The molecule has 0 aliphatic carbocycles. The lowest BCUT2D eigenvalue weighted by molar-refractivity contribution is -0.192. The number of aliphatic carboxylic acids is 1. The van der Waals surface area contributed by atoms with Crippen LogP contribution in [0.1, 0.15) is 33.5 Å². The van der Waals surface area contributed by atoms with Gasteiger partial charge in [0, 0.05) is 32.3 Å². The number of amides is 1. The number of alkyl halides is 3. The van der Waals surface area contributed by atoms with Gasteiger partial charge in [0.1, 0.15) is 11.4 Å². The van der Waals surface area contributed by atoms with Gasteiger partial charge in [-0.2, -0.15) is 13.2 Å². The Bertz CT molecular complexity index is 884. The van der Waals surface area contributed by atoms with Crippen LogP contribution in [0.25, 0.3) is 0 Å². The highest BCUT2D eigenvalue weighted by atomic mass is 19.4. The average Bonchev–Trinajstić information content (AvgIpc) is 3.02. The predicted molar refractivity (Wildman–Crippen MR) is 93.0 cm³/mol. The third-order valence-corrected chi connectivity index (χ3v) is 4.12. The van der Waals surface area contributed by atoms with Gasteiger partial charge in [0.2, 0.25) is 0 Å². The molecule has 3 heterocycles. The minimum Gasteiger partial charge on any atom is -0.475 e. The van der Waals surface area contributed by atoms with Gasteiger partial charge in [-0.3, -0.25) is 9.48 Å². The molecule has 29 heavy (non-hydrogen) atoms. The van der Waals surface area contributed by atoms with Crippen LogP contribution in [0.4, 0.5) is 13.2 Å². The van der Waals surface area contributed by atoms with E-state index in [-0.39, 0.29) is 11.8 Å². The first kappa shape index (κ1) is 22.3. The van der Waals surface area contributed by atoms with Crippen molar-refractivity contribution in [2.45, 2.75) is 25.6 Å². The minimum atomic E-state index is -5.08. The second kappa shape index (κ2) is 8.99. The Hall–Kier alpha value is -3.02. The zero-order valence-corrected chi connectivity index (χ0v) is 16.0. The number of hydrogen-bond donors (Lipinski definition) is 1. The summed E-state index contributed by atoms with van der Waals surface area (Å²) in [4.78, 5) is 27.7. The summed E-state index contributed by atoms with van der Waals surface area (Å²) >= 11 is 0. The van der Waals surface area contributed by atoms with Gasteiger partial charge in [-0.1, -0.05) is 11.3 Å². The second-order valence-electron chi connectivity index (χ2n) is 6.35. The molecule has 12 heteroatoms. The Labute approximate surface area is 164 Å². The molecule has 1 aliphatic rings. The molecule has 1 atom stereocenters. The zero-order chi connectivity index (χ0) is 21.8. The first-order chi connectivity index (χ1) is 13.5. The largest absolute Gasteiger partial charge is 0.490 e. The van der Waals surface area contributed by atoms with Gasteiger partial charge >= 0.3 is 12.1 Å². The van der Waals surface area contributed by atoms with E-state index in [0.717, 1.165) is 17.1 Å². The van der Waals surface area contributed by atoms with Crippen molar-refractivity contribution >= 4 is 11.9 Å². The summed E-state index contributed by atoms with van der Waals surface area (Å²) in [5.41, 5.74) is 3.17. The van der Waals surface area contributed by atoms with E-state index in [0.29, 0.717) is 25.4 Å². The van der Waals surface area contributed by atoms with Gasteiger partial charge in [-0.15, -0.1) is 5.10 Å². The van der Waals surface area contributed by atoms with E-state index in [2.05, 4.69) is 15.3 Å². The third-order valence-electron chi connectivity index (χ3n) is 4.12. The van der Waals surface area contributed by atoms with Crippen LogP contribution in [0.5, 0.6) is 0 Å². The van der Waals surface area contributed by atoms with Crippen LogP contribution in [0.3, 0.4) is 0 Å². The molecule has 158 valence electrons. The SMILES string of the molecule is COCC1CN(C(=O)c2cccc(C)n2)Cc2nnn(C)c21.O=C(O)C(F)(F)F. The molecule has 2 aromatic heterocycles. The van der Waals surface area contributed by atoms with Crippen LogP contribution in [-0.2, 0) is 23.1 Å². The number of methoxy groups -OCH3 is 1. The molecular formula is C17H20F3N5O4. The maximum atomic E-state index is 12.7. The lowest BCUT2D eigenvalue weighted by Gasteiger charge is -2.31. The van der Waals surface area contributed by atoms with Crippen molar-refractivity contribution in [3.8, 4) is 0 Å². The number of nitrogens with zero attached hydrogens (tertiary/aromatic N) is 5. The maximum Gasteiger partial charge on any atom is 0.490 e. The van der Waals surface area contributed by atoms with E-state index in [4.69, 9.17) is 14.6 Å². The van der Waals surface area contributed by atoms with Crippen molar-refractivity contribution in [1.29, 1.82) is 0 Å². The van der Waals surface area contributed by atoms with Crippen molar-refractivity contribution in [3.63, 3.8) is 0 Å².